The van der Waals surface area contributed by atoms with Gasteiger partial charge in [-0.05, 0) is 24.6 Å². The monoisotopic (exact) mass is 291 g/mol. The summed E-state index contributed by atoms with van der Waals surface area (Å²) < 4.78 is 55.9. The summed E-state index contributed by atoms with van der Waals surface area (Å²) in [5.41, 5.74) is -0.0962. The number of halogens is 4. The van der Waals surface area contributed by atoms with Crippen molar-refractivity contribution in [3.05, 3.63) is 35.6 Å². The van der Waals surface area contributed by atoms with Gasteiger partial charge in [0.25, 0.3) is 5.91 Å². The fourth-order valence-electron chi connectivity index (χ4n) is 2.12. The Morgan fingerprint density at radius 3 is 2.70 bits per heavy atom. The second-order valence-corrected chi connectivity index (χ2v) is 4.58. The zero-order valence-electron chi connectivity index (χ0n) is 10.5. The molecule has 0 saturated carbocycles. The first-order valence-corrected chi connectivity index (χ1v) is 6.08. The first kappa shape index (κ1) is 14.8. The number of ether oxygens (including phenoxy) is 1. The third-order valence-electron chi connectivity index (χ3n) is 3.03. The summed E-state index contributed by atoms with van der Waals surface area (Å²) in [4.78, 5) is 12.9. The molecular weight excluding hydrogens is 278 g/mol. The van der Waals surface area contributed by atoms with Crippen LogP contribution in [0.3, 0.4) is 0 Å². The Labute approximate surface area is 113 Å². The van der Waals surface area contributed by atoms with Gasteiger partial charge in [0, 0.05) is 12.2 Å². The summed E-state index contributed by atoms with van der Waals surface area (Å²) in [7, 11) is 0. The first-order valence-electron chi connectivity index (χ1n) is 6.08. The van der Waals surface area contributed by atoms with Crippen LogP contribution in [-0.4, -0.2) is 42.8 Å². The van der Waals surface area contributed by atoms with E-state index in [1.807, 2.05) is 0 Å². The highest BCUT2D eigenvalue weighted by Gasteiger charge is 2.38. The number of carbonyl (C=O) groups is 1. The van der Waals surface area contributed by atoms with Gasteiger partial charge in [-0.2, -0.15) is 13.2 Å². The van der Waals surface area contributed by atoms with Gasteiger partial charge in [-0.25, -0.2) is 4.39 Å². The minimum Gasteiger partial charge on any atom is -0.379 e. The first-order chi connectivity index (χ1) is 9.37. The molecule has 0 aliphatic carbocycles. The van der Waals surface area contributed by atoms with Crippen molar-refractivity contribution in [2.45, 2.75) is 18.6 Å². The van der Waals surface area contributed by atoms with Gasteiger partial charge in [-0.3, -0.25) is 4.79 Å². The third kappa shape index (κ3) is 3.69. The van der Waals surface area contributed by atoms with E-state index in [9.17, 15) is 22.4 Å². The molecule has 0 N–H and O–H groups in total. The van der Waals surface area contributed by atoms with E-state index in [0.717, 1.165) is 12.1 Å². The van der Waals surface area contributed by atoms with Crippen molar-refractivity contribution in [1.29, 1.82) is 0 Å². The summed E-state index contributed by atoms with van der Waals surface area (Å²) in [5.74, 6) is -1.50. The van der Waals surface area contributed by atoms with E-state index < -0.39 is 30.5 Å². The Kier molecular flexibility index (Phi) is 4.27. The summed E-state index contributed by atoms with van der Waals surface area (Å²) in [6.45, 7) is -0.983. The van der Waals surface area contributed by atoms with Crippen LogP contribution < -0.4 is 0 Å². The number of amides is 1. The largest absolute Gasteiger partial charge is 0.406 e. The van der Waals surface area contributed by atoms with E-state index in [1.165, 1.54) is 12.1 Å². The average molecular weight is 291 g/mol. The highest BCUT2D eigenvalue weighted by atomic mass is 19.4. The predicted molar refractivity (Wildman–Crippen MR) is 62.7 cm³/mol. The van der Waals surface area contributed by atoms with Crippen molar-refractivity contribution in [3.63, 3.8) is 0 Å². The fraction of sp³-hybridized carbons (Fsp3) is 0.462. The lowest BCUT2D eigenvalue weighted by atomic mass is 10.1. The molecule has 1 heterocycles. The lowest BCUT2D eigenvalue weighted by Gasteiger charge is -2.29. The molecule has 20 heavy (non-hydrogen) atoms. The highest BCUT2D eigenvalue weighted by Crippen LogP contribution is 2.23. The lowest BCUT2D eigenvalue weighted by molar-refractivity contribution is -0.144. The predicted octanol–water partition coefficient (Wildman–Crippen LogP) is 2.62. The smallest absolute Gasteiger partial charge is 0.379 e. The van der Waals surface area contributed by atoms with Crippen LogP contribution in [-0.2, 0) is 4.74 Å². The van der Waals surface area contributed by atoms with Crippen LogP contribution in [0, 0.1) is 5.82 Å². The van der Waals surface area contributed by atoms with Gasteiger partial charge in [0.2, 0.25) is 0 Å². The van der Waals surface area contributed by atoms with Crippen molar-refractivity contribution in [3.8, 4) is 0 Å². The molecule has 1 saturated heterocycles. The Morgan fingerprint density at radius 1 is 1.40 bits per heavy atom. The number of nitrogens with zero attached hydrogens (tertiary/aromatic N) is 1. The topological polar surface area (TPSA) is 29.5 Å². The number of carbonyl (C=O) groups excluding carboxylic acids is 1. The van der Waals surface area contributed by atoms with E-state index >= 15 is 0 Å². The molecule has 0 radical (unpaired) electrons. The van der Waals surface area contributed by atoms with E-state index in [4.69, 9.17) is 4.74 Å². The number of benzene rings is 1. The maximum absolute atomic E-state index is 13.1. The zero-order chi connectivity index (χ0) is 14.8. The van der Waals surface area contributed by atoms with Crippen LogP contribution in [0.2, 0.25) is 0 Å². The maximum atomic E-state index is 13.1. The van der Waals surface area contributed by atoms with Crippen LogP contribution in [0.5, 0.6) is 0 Å². The second kappa shape index (κ2) is 5.78. The van der Waals surface area contributed by atoms with Crippen molar-refractivity contribution in [2.24, 2.45) is 0 Å². The molecule has 7 heteroatoms. The molecule has 1 fully saturated rings. The molecular formula is C13H13F4NO2. The Morgan fingerprint density at radius 2 is 2.15 bits per heavy atom. The summed E-state index contributed by atoms with van der Waals surface area (Å²) in [5, 5.41) is 0. The van der Waals surface area contributed by atoms with Gasteiger partial charge in [0.1, 0.15) is 12.4 Å². The molecule has 3 nitrogen and oxygen atoms in total. The standard InChI is InChI=1S/C13H13F4NO2/c14-10-3-1-2-9(6-10)12(19)18(8-13(15,16)17)11-4-5-20-7-11/h1-3,6,11H,4-5,7-8H2/t11-/m1/s1. The Bertz CT molecular complexity index is 484. The Hall–Kier alpha value is -1.63. The van der Waals surface area contributed by atoms with Crippen molar-refractivity contribution < 1.29 is 27.1 Å². The molecule has 110 valence electrons. The lowest BCUT2D eigenvalue weighted by Crippen LogP contribution is -2.46. The van der Waals surface area contributed by atoms with E-state index in [2.05, 4.69) is 0 Å². The number of alkyl halides is 3. The number of rotatable bonds is 3. The van der Waals surface area contributed by atoms with Crippen LogP contribution in [0.15, 0.2) is 24.3 Å². The van der Waals surface area contributed by atoms with Crippen LogP contribution in [0.25, 0.3) is 0 Å². The molecule has 1 atom stereocenters. The Balaban J connectivity index is 2.23. The molecule has 1 aliphatic rings. The number of hydrogen-bond donors (Lipinski definition) is 0. The average Bonchev–Trinajstić information content (AvgIpc) is 2.87. The van der Waals surface area contributed by atoms with E-state index in [1.54, 1.807) is 0 Å². The van der Waals surface area contributed by atoms with Crippen LogP contribution >= 0.6 is 0 Å². The molecule has 1 aromatic rings. The maximum Gasteiger partial charge on any atom is 0.406 e. The van der Waals surface area contributed by atoms with Gasteiger partial charge >= 0.3 is 6.18 Å². The number of hydrogen-bond acceptors (Lipinski definition) is 2. The summed E-state index contributed by atoms with van der Waals surface area (Å²) in [6, 6.07) is 4.02. The van der Waals surface area contributed by atoms with Crippen molar-refractivity contribution >= 4 is 5.91 Å². The normalized spacial score (nSPS) is 19.1. The van der Waals surface area contributed by atoms with Gasteiger partial charge in [0.15, 0.2) is 0 Å². The van der Waals surface area contributed by atoms with E-state index in [0.29, 0.717) is 17.9 Å². The second-order valence-electron chi connectivity index (χ2n) is 4.58. The minimum absolute atomic E-state index is 0.0666. The molecule has 1 amide bonds. The molecule has 1 aliphatic heterocycles. The van der Waals surface area contributed by atoms with Gasteiger partial charge in [0.05, 0.1) is 12.6 Å². The molecule has 0 spiro atoms. The summed E-state index contributed by atoms with van der Waals surface area (Å²) >= 11 is 0. The highest BCUT2D eigenvalue weighted by molar-refractivity contribution is 5.94. The van der Waals surface area contributed by atoms with Gasteiger partial charge in [-0.1, -0.05) is 6.07 Å². The minimum atomic E-state index is -4.51. The van der Waals surface area contributed by atoms with E-state index in [-0.39, 0.29) is 12.2 Å². The fourth-order valence-corrected chi connectivity index (χ4v) is 2.12. The van der Waals surface area contributed by atoms with Gasteiger partial charge in [-0.15, -0.1) is 0 Å². The van der Waals surface area contributed by atoms with Crippen LogP contribution in [0.4, 0.5) is 17.6 Å². The van der Waals surface area contributed by atoms with Gasteiger partial charge < -0.3 is 9.64 Å². The third-order valence-corrected chi connectivity index (χ3v) is 3.03. The molecule has 0 aromatic heterocycles. The van der Waals surface area contributed by atoms with Crippen LogP contribution in [0.1, 0.15) is 16.8 Å². The molecule has 1 aromatic carbocycles. The zero-order valence-corrected chi connectivity index (χ0v) is 10.5. The molecule has 0 bridgehead atoms. The SMILES string of the molecule is O=C(c1cccc(F)c1)N(CC(F)(F)F)[C@@H]1CCOC1. The van der Waals surface area contributed by atoms with Crippen molar-refractivity contribution in [1.82, 2.24) is 4.90 Å². The van der Waals surface area contributed by atoms with Crippen molar-refractivity contribution in [2.75, 3.05) is 19.8 Å². The molecule has 0 unspecified atom stereocenters. The quantitative estimate of drug-likeness (QED) is 0.801. The summed E-state index contributed by atoms with van der Waals surface area (Å²) in [6.07, 6.45) is -4.16. The molecule has 2 rings (SSSR count).